The van der Waals surface area contributed by atoms with Gasteiger partial charge in [0.2, 0.25) is 11.9 Å². The summed E-state index contributed by atoms with van der Waals surface area (Å²) in [5.41, 5.74) is 12.3. The number of rotatable bonds is 9. The Labute approximate surface area is 181 Å². The molecule has 8 nitrogen and oxygen atoms in total. The van der Waals surface area contributed by atoms with Crippen molar-refractivity contribution in [2.45, 2.75) is 25.9 Å². The number of guanidine groups is 2. The van der Waals surface area contributed by atoms with Crippen LogP contribution in [0.3, 0.4) is 0 Å². The molecule has 8 heteroatoms. The van der Waals surface area contributed by atoms with Crippen LogP contribution in [-0.2, 0) is 4.84 Å². The van der Waals surface area contributed by atoms with Crippen molar-refractivity contribution >= 4 is 23.8 Å². The summed E-state index contributed by atoms with van der Waals surface area (Å²) < 4.78 is 5.76. The smallest absolute Gasteiger partial charge is 0.226 e. The predicted octanol–water partition coefficient (Wildman–Crippen LogP) is 2.96. The molecule has 1 heterocycles. The number of nitrogens with two attached hydrogens (primary N) is 2. The van der Waals surface area contributed by atoms with Crippen molar-refractivity contribution in [3.8, 4) is 5.75 Å². The second-order valence-corrected chi connectivity index (χ2v) is 7.40. The van der Waals surface area contributed by atoms with Crippen LogP contribution in [0.5, 0.6) is 5.75 Å². The fraction of sp³-hybridized carbons (Fsp3) is 0.261. The van der Waals surface area contributed by atoms with E-state index in [1.165, 1.54) is 5.06 Å². The largest absolute Gasteiger partial charge is 0.493 e. The molecule has 0 amide bonds. The molecular formula is C23H27N5O3. The first-order valence-electron chi connectivity index (χ1n) is 9.98. The standard InChI is InChI=1S/C23H27N5O3/c1-23(2)27-21(24)26-22(25)28(23)31-15-7-14-30-19-11-6-10-18(16-19)20(29)13-12-17-8-4-3-5-9-17/h3-6,8-13,16H,7,14-15H2,1-2H3,(H4,24,25,26,27)/b13-12+. The Morgan fingerprint density at radius 3 is 2.61 bits per heavy atom. The molecule has 4 N–H and O–H groups in total. The molecule has 0 aliphatic carbocycles. The van der Waals surface area contributed by atoms with E-state index in [0.717, 1.165) is 5.56 Å². The van der Waals surface area contributed by atoms with Gasteiger partial charge in [0.15, 0.2) is 11.4 Å². The van der Waals surface area contributed by atoms with Gasteiger partial charge >= 0.3 is 0 Å². The van der Waals surface area contributed by atoms with Crippen LogP contribution >= 0.6 is 0 Å². The normalized spacial score (nSPS) is 15.5. The van der Waals surface area contributed by atoms with Gasteiger partial charge in [-0.15, -0.1) is 0 Å². The minimum atomic E-state index is -0.737. The van der Waals surface area contributed by atoms with Crippen molar-refractivity contribution in [1.29, 1.82) is 0 Å². The molecule has 31 heavy (non-hydrogen) atoms. The van der Waals surface area contributed by atoms with E-state index in [2.05, 4.69) is 9.98 Å². The molecule has 0 saturated carbocycles. The Bertz CT molecular complexity index is 999. The third-order valence-corrected chi connectivity index (χ3v) is 4.45. The zero-order chi connectivity index (χ0) is 22.3. The quantitative estimate of drug-likeness (QED) is 0.365. The fourth-order valence-electron chi connectivity index (χ4n) is 2.99. The lowest BCUT2D eigenvalue weighted by Gasteiger charge is -2.36. The minimum absolute atomic E-state index is 0.0837. The second kappa shape index (κ2) is 9.90. The third kappa shape index (κ3) is 6.16. The number of hydrogen-bond donors (Lipinski definition) is 2. The second-order valence-electron chi connectivity index (χ2n) is 7.40. The van der Waals surface area contributed by atoms with Crippen molar-refractivity contribution in [1.82, 2.24) is 5.06 Å². The highest BCUT2D eigenvalue weighted by atomic mass is 16.7. The van der Waals surface area contributed by atoms with Gasteiger partial charge in [0.25, 0.3) is 0 Å². The predicted molar refractivity (Wildman–Crippen MR) is 121 cm³/mol. The Hall–Kier alpha value is -3.65. The van der Waals surface area contributed by atoms with E-state index in [9.17, 15) is 4.79 Å². The number of carbonyl (C=O) groups is 1. The summed E-state index contributed by atoms with van der Waals surface area (Å²) in [6.45, 7) is 4.42. The van der Waals surface area contributed by atoms with Crippen molar-refractivity contribution in [2.75, 3.05) is 13.2 Å². The minimum Gasteiger partial charge on any atom is -0.493 e. The molecule has 2 aromatic rings. The van der Waals surface area contributed by atoms with Gasteiger partial charge in [0.05, 0.1) is 13.2 Å². The molecule has 2 aromatic carbocycles. The lowest BCUT2D eigenvalue weighted by atomic mass is 10.1. The highest BCUT2D eigenvalue weighted by Crippen LogP contribution is 2.20. The Morgan fingerprint density at radius 1 is 1.10 bits per heavy atom. The van der Waals surface area contributed by atoms with Crippen LogP contribution in [0, 0.1) is 0 Å². The van der Waals surface area contributed by atoms with E-state index in [1.54, 1.807) is 30.4 Å². The van der Waals surface area contributed by atoms with E-state index >= 15 is 0 Å². The molecule has 162 valence electrons. The highest BCUT2D eigenvalue weighted by molar-refractivity contribution is 6.07. The topological polar surface area (TPSA) is 116 Å². The van der Waals surface area contributed by atoms with E-state index in [1.807, 2.05) is 50.2 Å². The Morgan fingerprint density at radius 2 is 1.87 bits per heavy atom. The van der Waals surface area contributed by atoms with E-state index < -0.39 is 5.66 Å². The first-order valence-corrected chi connectivity index (χ1v) is 9.98. The van der Waals surface area contributed by atoms with E-state index in [-0.39, 0.29) is 17.7 Å². The lowest BCUT2D eigenvalue weighted by molar-refractivity contribution is -0.158. The first kappa shape index (κ1) is 22.0. The van der Waals surface area contributed by atoms with Crippen LogP contribution in [0.4, 0.5) is 0 Å². The van der Waals surface area contributed by atoms with Crippen LogP contribution in [0.2, 0.25) is 0 Å². The zero-order valence-corrected chi connectivity index (χ0v) is 17.7. The number of nitrogens with zero attached hydrogens (tertiary/aromatic N) is 3. The Balaban J connectivity index is 1.47. The monoisotopic (exact) mass is 421 g/mol. The number of benzene rings is 2. The summed E-state index contributed by atoms with van der Waals surface area (Å²) in [5, 5.41) is 1.43. The first-order chi connectivity index (χ1) is 14.8. The maximum Gasteiger partial charge on any atom is 0.226 e. The van der Waals surface area contributed by atoms with Gasteiger partial charge in [0.1, 0.15) is 5.75 Å². The van der Waals surface area contributed by atoms with Gasteiger partial charge in [0, 0.05) is 12.0 Å². The molecular weight excluding hydrogens is 394 g/mol. The summed E-state index contributed by atoms with van der Waals surface area (Å²) in [5.74, 6) is 0.821. The molecule has 0 fully saturated rings. The van der Waals surface area contributed by atoms with Crippen LogP contribution in [0.1, 0.15) is 36.2 Å². The third-order valence-electron chi connectivity index (χ3n) is 4.45. The molecule has 0 unspecified atom stereocenters. The van der Waals surface area contributed by atoms with E-state index in [4.69, 9.17) is 21.0 Å². The molecule has 0 bridgehead atoms. The summed E-state index contributed by atoms with van der Waals surface area (Å²) in [6, 6.07) is 16.8. The van der Waals surface area contributed by atoms with Gasteiger partial charge < -0.3 is 16.2 Å². The molecule has 0 radical (unpaired) electrons. The molecule has 0 atom stereocenters. The van der Waals surface area contributed by atoms with E-state index in [0.29, 0.717) is 30.9 Å². The van der Waals surface area contributed by atoms with Crippen molar-refractivity contribution in [3.63, 3.8) is 0 Å². The van der Waals surface area contributed by atoms with Crippen LogP contribution in [-0.4, -0.2) is 41.6 Å². The Kier molecular flexibility index (Phi) is 7.04. The number of hydrogen-bond acceptors (Lipinski definition) is 8. The van der Waals surface area contributed by atoms with Crippen molar-refractivity contribution < 1.29 is 14.4 Å². The number of ether oxygens (including phenoxy) is 1. The maximum atomic E-state index is 12.4. The maximum absolute atomic E-state index is 12.4. The molecule has 0 aromatic heterocycles. The molecule has 1 aliphatic rings. The lowest BCUT2D eigenvalue weighted by Crippen LogP contribution is -2.53. The SMILES string of the molecule is CC1(C)N=C(N)N=C(N)N1OCCCOc1cccc(C(=O)/C=C/c2ccccc2)c1. The highest BCUT2D eigenvalue weighted by Gasteiger charge is 2.32. The summed E-state index contributed by atoms with van der Waals surface area (Å²) in [6.07, 6.45) is 3.96. The number of aliphatic imine (C=N–C) groups is 2. The average molecular weight is 422 g/mol. The fourth-order valence-corrected chi connectivity index (χ4v) is 2.99. The number of allylic oxidation sites excluding steroid dienone is 1. The van der Waals surface area contributed by atoms with Gasteiger partial charge in [-0.25, -0.2) is 4.99 Å². The average Bonchev–Trinajstić information content (AvgIpc) is 2.73. The number of ketones is 1. The van der Waals surface area contributed by atoms with Gasteiger partial charge in [-0.3, -0.25) is 9.63 Å². The summed E-state index contributed by atoms with van der Waals surface area (Å²) >= 11 is 0. The van der Waals surface area contributed by atoms with Crippen molar-refractivity contribution in [3.05, 3.63) is 71.8 Å². The molecule has 3 rings (SSSR count). The van der Waals surface area contributed by atoms with Gasteiger partial charge in [-0.05, 0) is 37.6 Å². The van der Waals surface area contributed by atoms with Gasteiger partial charge in [-0.2, -0.15) is 10.1 Å². The number of carbonyl (C=O) groups excluding carboxylic acids is 1. The zero-order valence-electron chi connectivity index (χ0n) is 17.7. The summed E-state index contributed by atoms with van der Waals surface area (Å²) in [4.78, 5) is 26.3. The molecule has 0 saturated heterocycles. The van der Waals surface area contributed by atoms with Crippen LogP contribution < -0.4 is 16.2 Å². The van der Waals surface area contributed by atoms with Crippen LogP contribution in [0.25, 0.3) is 6.08 Å². The van der Waals surface area contributed by atoms with Crippen molar-refractivity contribution in [2.24, 2.45) is 21.5 Å². The molecule has 0 spiro atoms. The molecule has 1 aliphatic heterocycles. The van der Waals surface area contributed by atoms with Gasteiger partial charge in [-0.1, -0.05) is 48.5 Å². The van der Waals surface area contributed by atoms with Crippen LogP contribution in [0.15, 0.2) is 70.7 Å². The number of hydroxylamine groups is 2. The summed E-state index contributed by atoms with van der Waals surface area (Å²) in [7, 11) is 0.